The summed E-state index contributed by atoms with van der Waals surface area (Å²) in [7, 11) is 0. The molecule has 0 saturated carbocycles. The van der Waals surface area contributed by atoms with Gasteiger partial charge in [0.2, 0.25) is 0 Å². The number of aromatic nitrogens is 3. The summed E-state index contributed by atoms with van der Waals surface area (Å²) in [5.41, 5.74) is 0.423. The lowest BCUT2D eigenvalue weighted by molar-refractivity contribution is 0.0920. The first-order chi connectivity index (χ1) is 14.0. The monoisotopic (exact) mass is 421 g/mol. The van der Waals surface area contributed by atoms with E-state index in [0.717, 1.165) is 38.1 Å². The van der Waals surface area contributed by atoms with Gasteiger partial charge in [0.05, 0.1) is 12.7 Å². The van der Waals surface area contributed by atoms with Gasteiger partial charge in [-0.3, -0.25) is 4.79 Å². The van der Waals surface area contributed by atoms with Crippen LogP contribution in [0.4, 0.5) is 13.2 Å². The lowest BCUT2D eigenvalue weighted by atomic mass is 10.1. The van der Waals surface area contributed by atoms with Crippen molar-refractivity contribution in [1.29, 1.82) is 0 Å². The molecule has 152 valence electrons. The Bertz CT molecular complexity index is 992. The van der Waals surface area contributed by atoms with Gasteiger partial charge in [-0.25, -0.2) is 23.1 Å². The number of halogens is 3. The van der Waals surface area contributed by atoms with Gasteiger partial charge in [-0.2, -0.15) is 0 Å². The number of carbonyl (C=O) groups is 1. The highest BCUT2D eigenvalue weighted by atomic mass is 32.1. The molecule has 3 heterocycles. The van der Waals surface area contributed by atoms with Crippen LogP contribution in [-0.4, -0.2) is 39.6 Å². The minimum Gasteiger partial charge on any atom is -0.348 e. The summed E-state index contributed by atoms with van der Waals surface area (Å²) in [5, 5.41) is 8.55. The highest BCUT2D eigenvalue weighted by Crippen LogP contribution is 2.24. The van der Waals surface area contributed by atoms with Crippen LogP contribution in [0.5, 0.6) is 0 Å². The van der Waals surface area contributed by atoms with Crippen molar-refractivity contribution < 1.29 is 18.0 Å². The molecular weight excluding hydrogens is 403 g/mol. The number of thiazole rings is 1. The van der Waals surface area contributed by atoms with Gasteiger partial charge >= 0.3 is 0 Å². The smallest absolute Gasteiger partial charge is 0.269 e. The van der Waals surface area contributed by atoms with E-state index < -0.39 is 17.5 Å². The molecule has 1 amide bonds. The zero-order valence-electron chi connectivity index (χ0n) is 15.3. The highest BCUT2D eigenvalue weighted by molar-refractivity contribution is 7.13. The van der Waals surface area contributed by atoms with Gasteiger partial charge in [0, 0.05) is 17.6 Å². The Balaban J connectivity index is 1.68. The number of nitrogens with zero attached hydrogens (tertiary/aromatic N) is 3. The Morgan fingerprint density at radius 3 is 2.59 bits per heavy atom. The normalized spacial score (nSPS) is 14.9. The standard InChI is InChI=1S/C19H18F3N5OS/c20-13-7-11(8-14(21)16(13)22)10-27-15(9-25-17(27)19-24-5-6-29-19)18(28)26-12-1-3-23-4-2-12/h5-9,12,23H,1-4,10H2,(H,26,28). The van der Waals surface area contributed by atoms with Gasteiger partial charge in [0.25, 0.3) is 5.91 Å². The summed E-state index contributed by atoms with van der Waals surface area (Å²) in [6, 6.07) is 1.87. The Morgan fingerprint density at radius 2 is 1.93 bits per heavy atom. The lowest BCUT2D eigenvalue weighted by Crippen LogP contribution is -2.43. The van der Waals surface area contributed by atoms with Crippen LogP contribution in [0.3, 0.4) is 0 Å². The van der Waals surface area contributed by atoms with Crippen LogP contribution in [0.1, 0.15) is 28.9 Å². The zero-order valence-corrected chi connectivity index (χ0v) is 16.1. The maximum absolute atomic E-state index is 13.7. The van der Waals surface area contributed by atoms with Crippen LogP contribution in [0, 0.1) is 17.5 Å². The number of amides is 1. The lowest BCUT2D eigenvalue weighted by Gasteiger charge is -2.24. The first-order valence-corrected chi connectivity index (χ1v) is 10.0. The zero-order chi connectivity index (χ0) is 20.4. The number of piperidine rings is 1. The first-order valence-electron chi connectivity index (χ1n) is 9.13. The van der Waals surface area contributed by atoms with Gasteiger partial charge < -0.3 is 15.2 Å². The SMILES string of the molecule is O=C(NC1CCNCC1)c1cnc(-c2nccs2)n1Cc1cc(F)c(F)c(F)c1. The molecule has 6 nitrogen and oxygen atoms in total. The van der Waals surface area contributed by atoms with Crippen molar-refractivity contribution >= 4 is 17.2 Å². The highest BCUT2D eigenvalue weighted by Gasteiger charge is 2.23. The largest absolute Gasteiger partial charge is 0.348 e. The van der Waals surface area contributed by atoms with E-state index in [1.54, 1.807) is 16.1 Å². The Morgan fingerprint density at radius 1 is 1.21 bits per heavy atom. The molecule has 1 aliphatic heterocycles. The fourth-order valence-electron chi connectivity index (χ4n) is 3.33. The van der Waals surface area contributed by atoms with Gasteiger partial charge in [0.1, 0.15) is 5.69 Å². The quantitative estimate of drug-likeness (QED) is 0.622. The molecule has 29 heavy (non-hydrogen) atoms. The van der Waals surface area contributed by atoms with Crippen molar-refractivity contribution in [1.82, 2.24) is 25.2 Å². The Hall–Kier alpha value is -2.72. The molecule has 3 aromatic rings. The molecular formula is C19H18F3N5OS. The number of imidazole rings is 1. The van der Waals surface area contributed by atoms with Gasteiger partial charge in [0.15, 0.2) is 28.3 Å². The number of carbonyl (C=O) groups excluding carboxylic acids is 1. The fraction of sp³-hybridized carbons (Fsp3) is 0.316. The maximum Gasteiger partial charge on any atom is 0.269 e. The third kappa shape index (κ3) is 4.18. The maximum atomic E-state index is 13.7. The summed E-state index contributed by atoms with van der Waals surface area (Å²) in [6.07, 6.45) is 4.65. The molecule has 0 aliphatic carbocycles. The van der Waals surface area contributed by atoms with E-state index in [-0.39, 0.29) is 29.8 Å². The molecule has 10 heteroatoms. The predicted molar refractivity (Wildman–Crippen MR) is 102 cm³/mol. The van der Waals surface area contributed by atoms with E-state index in [2.05, 4.69) is 20.6 Å². The molecule has 1 saturated heterocycles. The summed E-state index contributed by atoms with van der Waals surface area (Å²) in [5.74, 6) is -4.01. The third-order valence-electron chi connectivity index (χ3n) is 4.77. The molecule has 0 spiro atoms. The molecule has 1 aromatic carbocycles. The van der Waals surface area contributed by atoms with E-state index in [0.29, 0.717) is 10.8 Å². The number of nitrogens with one attached hydrogen (secondary N) is 2. The van der Waals surface area contributed by atoms with E-state index >= 15 is 0 Å². The fourth-order valence-corrected chi connectivity index (χ4v) is 3.97. The van der Waals surface area contributed by atoms with Crippen molar-refractivity contribution in [2.75, 3.05) is 13.1 Å². The van der Waals surface area contributed by atoms with Crippen LogP contribution in [-0.2, 0) is 6.54 Å². The van der Waals surface area contributed by atoms with Crippen LogP contribution >= 0.6 is 11.3 Å². The number of hydrogen-bond acceptors (Lipinski definition) is 5. The van der Waals surface area contributed by atoms with E-state index in [4.69, 9.17) is 0 Å². The molecule has 0 unspecified atom stereocenters. The molecule has 2 aromatic heterocycles. The molecule has 1 aliphatic rings. The van der Waals surface area contributed by atoms with E-state index in [9.17, 15) is 18.0 Å². The van der Waals surface area contributed by atoms with Crippen molar-refractivity contribution in [3.63, 3.8) is 0 Å². The first kappa shape index (κ1) is 19.6. The van der Waals surface area contributed by atoms with Crippen LogP contribution < -0.4 is 10.6 Å². The van der Waals surface area contributed by atoms with Crippen molar-refractivity contribution in [3.05, 3.63) is 58.6 Å². The van der Waals surface area contributed by atoms with E-state index in [1.165, 1.54) is 17.5 Å². The number of benzene rings is 1. The molecule has 0 atom stereocenters. The topological polar surface area (TPSA) is 71.8 Å². The number of hydrogen-bond donors (Lipinski definition) is 2. The molecule has 0 radical (unpaired) electrons. The van der Waals surface area contributed by atoms with Gasteiger partial charge in [-0.05, 0) is 43.6 Å². The Labute approximate surface area is 168 Å². The molecule has 2 N–H and O–H groups in total. The molecule has 4 rings (SSSR count). The predicted octanol–water partition coefficient (Wildman–Crippen LogP) is 2.95. The number of rotatable bonds is 5. The average molecular weight is 421 g/mol. The van der Waals surface area contributed by atoms with Crippen LogP contribution in [0.2, 0.25) is 0 Å². The molecule has 0 bridgehead atoms. The van der Waals surface area contributed by atoms with E-state index in [1.807, 2.05) is 0 Å². The molecule has 1 fully saturated rings. The summed E-state index contributed by atoms with van der Waals surface area (Å²) >= 11 is 1.33. The van der Waals surface area contributed by atoms with Crippen molar-refractivity contribution in [2.24, 2.45) is 0 Å². The second-order valence-corrected chi connectivity index (χ2v) is 7.66. The Kier molecular flexibility index (Phi) is 5.63. The van der Waals surface area contributed by atoms with Gasteiger partial charge in [-0.1, -0.05) is 0 Å². The minimum absolute atomic E-state index is 0.0381. The van der Waals surface area contributed by atoms with Crippen molar-refractivity contribution in [2.45, 2.75) is 25.4 Å². The summed E-state index contributed by atoms with van der Waals surface area (Å²) in [6.45, 7) is 1.59. The summed E-state index contributed by atoms with van der Waals surface area (Å²) in [4.78, 5) is 21.4. The van der Waals surface area contributed by atoms with Gasteiger partial charge in [-0.15, -0.1) is 11.3 Å². The second-order valence-electron chi connectivity index (χ2n) is 6.76. The summed E-state index contributed by atoms with van der Waals surface area (Å²) < 4.78 is 42.2. The minimum atomic E-state index is -1.52. The van der Waals surface area contributed by atoms with Crippen LogP contribution in [0.15, 0.2) is 29.9 Å². The third-order valence-corrected chi connectivity index (χ3v) is 5.54. The van der Waals surface area contributed by atoms with Crippen LogP contribution in [0.25, 0.3) is 10.8 Å². The average Bonchev–Trinajstić information content (AvgIpc) is 3.36. The second kappa shape index (κ2) is 8.34. The van der Waals surface area contributed by atoms with Crippen molar-refractivity contribution in [3.8, 4) is 10.8 Å².